The summed E-state index contributed by atoms with van der Waals surface area (Å²) < 4.78 is 5.35. The summed E-state index contributed by atoms with van der Waals surface area (Å²) in [4.78, 5) is 0. The predicted molar refractivity (Wildman–Crippen MR) is 70.7 cm³/mol. The number of hydrogen-bond donors (Lipinski definition) is 1. The molecular weight excluding hydrogens is 210 g/mol. The largest absolute Gasteiger partial charge is 0.468 e. The number of nitrogens with one attached hydrogen (secondary N) is 1. The zero-order valence-electron chi connectivity index (χ0n) is 11.1. The minimum absolute atomic E-state index is 0.684. The summed E-state index contributed by atoms with van der Waals surface area (Å²) in [5, 5.41) is 3.63. The highest BCUT2D eigenvalue weighted by Gasteiger charge is 2.20. The predicted octanol–water partition coefficient (Wildman–Crippen LogP) is 3.97. The second kappa shape index (κ2) is 6.25. The van der Waals surface area contributed by atoms with Gasteiger partial charge in [0, 0.05) is 6.04 Å². The molecule has 0 radical (unpaired) electrons. The fourth-order valence-electron chi connectivity index (χ4n) is 2.86. The average Bonchev–Trinajstić information content (AvgIpc) is 2.70. The van der Waals surface area contributed by atoms with Gasteiger partial charge in [-0.2, -0.15) is 0 Å². The molecule has 1 aromatic rings. The molecular formula is C15H25NO. The summed E-state index contributed by atoms with van der Waals surface area (Å²) >= 11 is 0. The molecule has 0 spiro atoms. The molecule has 0 aliphatic heterocycles. The first-order valence-corrected chi connectivity index (χ1v) is 7.01. The van der Waals surface area contributed by atoms with Crippen LogP contribution in [-0.2, 0) is 6.54 Å². The number of furan rings is 1. The first kappa shape index (κ1) is 12.7. The Hall–Kier alpha value is -0.760. The van der Waals surface area contributed by atoms with Crippen LogP contribution in [0.5, 0.6) is 0 Å². The lowest BCUT2D eigenvalue weighted by molar-refractivity contribution is 0.336. The maximum Gasteiger partial charge on any atom is 0.117 e. The van der Waals surface area contributed by atoms with Crippen molar-refractivity contribution in [3.63, 3.8) is 0 Å². The monoisotopic (exact) mass is 235 g/mol. The topological polar surface area (TPSA) is 25.2 Å². The SMILES string of the molecule is CC(C)C1CCCC(NCc2ccco2)CC1. The van der Waals surface area contributed by atoms with Crippen molar-refractivity contribution in [2.24, 2.45) is 11.8 Å². The Labute approximate surface area is 105 Å². The zero-order chi connectivity index (χ0) is 12.1. The lowest BCUT2D eigenvalue weighted by Crippen LogP contribution is -2.27. The summed E-state index contributed by atoms with van der Waals surface area (Å²) in [5.41, 5.74) is 0. The van der Waals surface area contributed by atoms with Crippen LogP contribution in [0.2, 0.25) is 0 Å². The van der Waals surface area contributed by atoms with Crippen LogP contribution in [0.15, 0.2) is 22.8 Å². The molecule has 0 aromatic carbocycles. The van der Waals surface area contributed by atoms with Crippen molar-refractivity contribution in [2.45, 2.75) is 58.5 Å². The molecule has 96 valence electrons. The van der Waals surface area contributed by atoms with Crippen LogP contribution in [-0.4, -0.2) is 6.04 Å². The van der Waals surface area contributed by atoms with Gasteiger partial charge >= 0.3 is 0 Å². The standard InChI is InChI=1S/C15H25NO/c1-12(2)13-5-3-6-14(9-8-13)16-11-15-7-4-10-17-15/h4,7,10,12-14,16H,3,5-6,8-9,11H2,1-2H3. The molecule has 0 saturated heterocycles. The van der Waals surface area contributed by atoms with Gasteiger partial charge in [0.15, 0.2) is 0 Å². The quantitative estimate of drug-likeness (QED) is 0.799. The summed E-state index contributed by atoms with van der Waals surface area (Å²) in [6, 6.07) is 4.68. The summed E-state index contributed by atoms with van der Waals surface area (Å²) in [6.07, 6.45) is 8.56. The van der Waals surface area contributed by atoms with E-state index in [9.17, 15) is 0 Å². The third-order valence-corrected chi connectivity index (χ3v) is 4.10. The molecule has 0 bridgehead atoms. The van der Waals surface area contributed by atoms with Crippen LogP contribution in [0.1, 0.15) is 51.7 Å². The van der Waals surface area contributed by atoms with E-state index in [1.807, 2.05) is 12.1 Å². The van der Waals surface area contributed by atoms with Crippen molar-refractivity contribution in [1.82, 2.24) is 5.32 Å². The lowest BCUT2D eigenvalue weighted by Gasteiger charge is -2.18. The Kier molecular flexibility index (Phi) is 4.66. The fraction of sp³-hybridized carbons (Fsp3) is 0.733. The third kappa shape index (κ3) is 3.88. The van der Waals surface area contributed by atoms with Crippen molar-refractivity contribution >= 4 is 0 Å². The van der Waals surface area contributed by atoms with E-state index in [-0.39, 0.29) is 0 Å². The van der Waals surface area contributed by atoms with Gasteiger partial charge in [0.1, 0.15) is 5.76 Å². The van der Waals surface area contributed by atoms with Crippen LogP contribution < -0.4 is 5.32 Å². The van der Waals surface area contributed by atoms with Crippen LogP contribution in [0.25, 0.3) is 0 Å². The molecule has 0 amide bonds. The molecule has 2 unspecified atom stereocenters. The van der Waals surface area contributed by atoms with Gasteiger partial charge in [-0.3, -0.25) is 0 Å². The Bertz CT molecular complexity index is 305. The summed E-state index contributed by atoms with van der Waals surface area (Å²) in [7, 11) is 0. The highest BCUT2D eigenvalue weighted by molar-refractivity contribution is 4.97. The van der Waals surface area contributed by atoms with Crippen LogP contribution >= 0.6 is 0 Å². The Morgan fingerprint density at radius 3 is 2.88 bits per heavy atom. The second-order valence-electron chi connectivity index (χ2n) is 5.67. The Morgan fingerprint density at radius 2 is 2.18 bits per heavy atom. The summed E-state index contributed by atoms with van der Waals surface area (Å²) in [6.45, 7) is 5.60. The average molecular weight is 235 g/mol. The molecule has 1 aliphatic rings. The molecule has 2 heteroatoms. The first-order chi connectivity index (χ1) is 8.25. The number of rotatable bonds is 4. The van der Waals surface area contributed by atoms with Crippen molar-refractivity contribution in [2.75, 3.05) is 0 Å². The third-order valence-electron chi connectivity index (χ3n) is 4.10. The molecule has 1 heterocycles. The van der Waals surface area contributed by atoms with E-state index >= 15 is 0 Å². The van der Waals surface area contributed by atoms with Gasteiger partial charge in [-0.05, 0) is 43.2 Å². The van der Waals surface area contributed by atoms with Gasteiger partial charge in [0.05, 0.1) is 12.8 Å². The molecule has 2 nitrogen and oxygen atoms in total. The van der Waals surface area contributed by atoms with E-state index in [1.54, 1.807) is 6.26 Å². The van der Waals surface area contributed by atoms with E-state index in [2.05, 4.69) is 19.2 Å². The van der Waals surface area contributed by atoms with E-state index < -0.39 is 0 Å². The Balaban J connectivity index is 1.75. The van der Waals surface area contributed by atoms with Crippen molar-refractivity contribution in [3.8, 4) is 0 Å². The normalized spacial score (nSPS) is 26.1. The highest BCUT2D eigenvalue weighted by Crippen LogP contribution is 2.28. The molecule has 1 fully saturated rings. The van der Waals surface area contributed by atoms with Crippen LogP contribution in [0.3, 0.4) is 0 Å². The van der Waals surface area contributed by atoms with E-state index in [0.717, 1.165) is 24.1 Å². The molecule has 17 heavy (non-hydrogen) atoms. The fourth-order valence-corrected chi connectivity index (χ4v) is 2.86. The van der Waals surface area contributed by atoms with Gasteiger partial charge in [0.2, 0.25) is 0 Å². The van der Waals surface area contributed by atoms with E-state index in [1.165, 1.54) is 32.1 Å². The first-order valence-electron chi connectivity index (χ1n) is 7.01. The van der Waals surface area contributed by atoms with Crippen molar-refractivity contribution in [3.05, 3.63) is 24.2 Å². The minimum Gasteiger partial charge on any atom is -0.468 e. The summed E-state index contributed by atoms with van der Waals surface area (Å²) in [5.74, 6) is 2.83. The maximum atomic E-state index is 5.35. The minimum atomic E-state index is 0.684. The maximum absolute atomic E-state index is 5.35. The molecule has 1 aromatic heterocycles. The second-order valence-corrected chi connectivity index (χ2v) is 5.67. The van der Waals surface area contributed by atoms with Crippen LogP contribution in [0, 0.1) is 11.8 Å². The number of hydrogen-bond acceptors (Lipinski definition) is 2. The van der Waals surface area contributed by atoms with Gasteiger partial charge in [0.25, 0.3) is 0 Å². The van der Waals surface area contributed by atoms with Gasteiger partial charge in [-0.25, -0.2) is 0 Å². The smallest absolute Gasteiger partial charge is 0.117 e. The van der Waals surface area contributed by atoms with E-state index in [0.29, 0.717) is 6.04 Å². The van der Waals surface area contributed by atoms with Crippen LogP contribution in [0.4, 0.5) is 0 Å². The molecule has 2 rings (SSSR count). The highest BCUT2D eigenvalue weighted by atomic mass is 16.3. The van der Waals surface area contributed by atoms with Crippen molar-refractivity contribution < 1.29 is 4.42 Å². The van der Waals surface area contributed by atoms with Crippen molar-refractivity contribution in [1.29, 1.82) is 0 Å². The Morgan fingerprint density at radius 1 is 1.29 bits per heavy atom. The van der Waals surface area contributed by atoms with E-state index in [4.69, 9.17) is 4.42 Å². The molecule has 1 saturated carbocycles. The van der Waals surface area contributed by atoms with Gasteiger partial charge < -0.3 is 9.73 Å². The molecule has 1 aliphatic carbocycles. The van der Waals surface area contributed by atoms with Gasteiger partial charge in [-0.1, -0.05) is 26.7 Å². The molecule has 1 N–H and O–H groups in total. The zero-order valence-corrected chi connectivity index (χ0v) is 11.1. The lowest BCUT2D eigenvalue weighted by atomic mass is 9.89. The van der Waals surface area contributed by atoms with Gasteiger partial charge in [-0.15, -0.1) is 0 Å². The molecule has 2 atom stereocenters.